The fourth-order valence-electron chi connectivity index (χ4n) is 1.83. The van der Waals surface area contributed by atoms with Gasteiger partial charge in [-0.15, -0.1) is 0 Å². The molecule has 0 bridgehead atoms. The summed E-state index contributed by atoms with van der Waals surface area (Å²) in [4.78, 5) is 0. The van der Waals surface area contributed by atoms with Gasteiger partial charge >= 0.3 is 0 Å². The molecule has 2 aromatic carbocycles. The number of hydrogen-bond acceptors (Lipinski definition) is 1. The van der Waals surface area contributed by atoms with E-state index in [0.717, 1.165) is 17.7 Å². The molecule has 0 saturated carbocycles. The third kappa shape index (κ3) is 3.35. The predicted octanol–water partition coefficient (Wildman–Crippen LogP) is 6.10. The van der Waals surface area contributed by atoms with Crippen molar-refractivity contribution in [3.63, 3.8) is 0 Å². The summed E-state index contributed by atoms with van der Waals surface area (Å²) >= 11 is 17.7. The third-order valence-electron chi connectivity index (χ3n) is 2.80. The molecule has 106 valence electrons. The van der Waals surface area contributed by atoms with E-state index in [0.29, 0.717) is 10.0 Å². The zero-order valence-corrected chi connectivity index (χ0v) is 12.6. The standard InChI is InChI=1S/C14H10Cl3F2N/c1-7(10-3-2-8(15)4-11(10)16)20-14-12(17)5-9(18)6-13(14)19/h2-7,20H,1H3. The Bertz CT molecular complexity index is 623. The summed E-state index contributed by atoms with van der Waals surface area (Å²) < 4.78 is 26.7. The Balaban J connectivity index is 2.30. The first-order valence-electron chi connectivity index (χ1n) is 5.74. The highest BCUT2D eigenvalue weighted by molar-refractivity contribution is 6.35. The first-order chi connectivity index (χ1) is 9.38. The van der Waals surface area contributed by atoms with Gasteiger partial charge in [0.25, 0.3) is 0 Å². The van der Waals surface area contributed by atoms with Gasteiger partial charge in [-0.1, -0.05) is 40.9 Å². The van der Waals surface area contributed by atoms with E-state index in [1.807, 2.05) is 0 Å². The molecule has 0 amide bonds. The van der Waals surface area contributed by atoms with Crippen LogP contribution in [0.3, 0.4) is 0 Å². The molecule has 6 heteroatoms. The monoisotopic (exact) mass is 335 g/mol. The maximum Gasteiger partial charge on any atom is 0.150 e. The van der Waals surface area contributed by atoms with Crippen LogP contribution in [-0.4, -0.2) is 0 Å². The fraction of sp³-hybridized carbons (Fsp3) is 0.143. The first-order valence-corrected chi connectivity index (χ1v) is 6.88. The molecule has 0 aliphatic heterocycles. The highest BCUT2D eigenvalue weighted by Crippen LogP contribution is 2.32. The highest BCUT2D eigenvalue weighted by Gasteiger charge is 2.15. The Hall–Kier alpha value is -1.03. The molecular weight excluding hydrogens is 327 g/mol. The molecule has 0 spiro atoms. The van der Waals surface area contributed by atoms with Crippen molar-refractivity contribution in [3.8, 4) is 0 Å². The van der Waals surface area contributed by atoms with Crippen LogP contribution in [0.4, 0.5) is 14.5 Å². The average molecular weight is 337 g/mol. The summed E-state index contributed by atoms with van der Waals surface area (Å²) in [6.07, 6.45) is 0. The van der Waals surface area contributed by atoms with E-state index in [9.17, 15) is 8.78 Å². The molecule has 1 unspecified atom stereocenters. The van der Waals surface area contributed by atoms with Crippen LogP contribution < -0.4 is 5.32 Å². The van der Waals surface area contributed by atoms with Crippen molar-refractivity contribution in [1.29, 1.82) is 0 Å². The van der Waals surface area contributed by atoms with Gasteiger partial charge in [-0.25, -0.2) is 8.78 Å². The van der Waals surface area contributed by atoms with Crippen molar-refractivity contribution in [2.75, 3.05) is 5.32 Å². The number of halogens is 5. The Morgan fingerprint density at radius 2 is 1.70 bits per heavy atom. The molecule has 2 rings (SSSR count). The van der Waals surface area contributed by atoms with Crippen LogP contribution in [0.15, 0.2) is 30.3 Å². The van der Waals surface area contributed by atoms with Gasteiger partial charge in [0.05, 0.1) is 16.8 Å². The second-order valence-corrected chi connectivity index (χ2v) is 5.53. The van der Waals surface area contributed by atoms with Crippen molar-refractivity contribution in [3.05, 3.63) is 62.6 Å². The summed E-state index contributed by atoms with van der Waals surface area (Å²) in [6.45, 7) is 1.79. The summed E-state index contributed by atoms with van der Waals surface area (Å²) in [6, 6.07) is 6.51. The molecule has 2 aromatic rings. The molecule has 0 radical (unpaired) electrons. The van der Waals surface area contributed by atoms with Crippen molar-refractivity contribution in [2.24, 2.45) is 0 Å². The largest absolute Gasteiger partial charge is 0.375 e. The molecule has 0 aromatic heterocycles. The topological polar surface area (TPSA) is 12.0 Å². The molecule has 1 N–H and O–H groups in total. The lowest BCUT2D eigenvalue weighted by molar-refractivity contribution is 0.584. The number of rotatable bonds is 3. The minimum absolute atomic E-state index is 0.0283. The molecule has 0 aliphatic carbocycles. The zero-order chi connectivity index (χ0) is 14.9. The number of benzene rings is 2. The van der Waals surface area contributed by atoms with Crippen LogP contribution in [0.25, 0.3) is 0 Å². The van der Waals surface area contributed by atoms with E-state index in [2.05, 4.69) is 5.32 Å². The molecule has 0 fully saturated rings. The maximum atomic E-state index is 13.7. The van der Waals surface area contributed by atoms with E-state index >= 15 is 0 Å². The lowest BCUT2D eigenvalue weighted by atomic mass is 10.1. The van der Waals surface area contributed by atoms with Gasteiger partial charge in [0.15, 0.2) is 5.82 Å². The van der Waals surface area contributed by atoms with Crippen LogP contribution in [0, 0.1) is 11.6 Å². The average Bonchev–Trinajstić information content (AvgIpc) is 2.33. The molecule has 20 heavy (non-hydrogen) atoms. The summed E-state index contributed by atoms with van der Waals surface area (Å²) in [5.74, 6) is -1.48. The summed E-state index contributed by atoms with van der Waals surface area (Å²) in [7, 11) is 0. The second kappa shape index (κ2) is 6.17. The van der Waals surface area contributed by atoms with Gasteiger partial charge in [0.2, 0.25) is 0 Å². The first kappa shape index (κ1) is 15.4. The Morgan fingerprint density at radius 3 is 2.30 bits per heavy atom. The second-order valence-electron chi connectivity index (χ2n) is 4.28. The van der Waals surface area contributed by atoms with Crippen molar-refractivity contribution in [2.45, 2.75) is 13.0 Å². The van der Waals surface area contributed by atoms with Gasteiger partial charge in [-0.05, 0) is 30.7 Å². The zero-order valence-electron chi connectivity index (χ0n) is 10.4. The van der Waals surface area contributed by atoms with Crippen molar-refractivity contribution >= 4 is 40.5 Å². The Morgan fingerprint density at radius 1 is 1.00 bits per heavy atom. The minimum atomic E-state index is -0.757. The summed E-state index contributed by atoms with van der Waals surface area (Å²) in [5.41, 5.74) is 0.766. The SMILES string of the molecule is CC(Nc1c(F)cc(F)cc1Cl)c1ccc(Cl)cc1Cl. The number of hydrogen-bond donors (Lipinski definition) is 1. The lowest BCUT2D eigenvalue weighted by Gasteiger charge is -2.18. The quantitative estimate of drug-likeness (QED) is 0.714. The van der Waals surface area contributed by atoms with Crippen molar-refractivity contribution in [1.82, 2.24) is 0 Å². The van der Waals surface area contributed by atoms with Crippen LogP contribution in [0.2, 0.25) is 15.1 Å². The van der Waals surface area contributed by atoms with Crippen molar-refractivity contribution < 1.29 is 8.78 Å². The lowest BCUT2D eigenvalue weighted by Crippen LogP contribution is -2.09. The molecule has 1 atom stereocenters. The van der Waals surface area contributed by atoms with Crippen LogP contribution in [0.5, 0.6) is 0 Å². The normalized spacial score (nSPS) is 12.3. The number of anilines is 1. The Labute approximate surface area is 130 Å². The number of nitrogens with one attached hydrogen (secondary N) is 1. The van der Waals surface area contributed by atoms with E-state index in [1.165, 1.54) is 0 Å². The van der Waals surface area contributed by atoms with Gasteiger partial charge in [0.1, 0.15) is 5.82 Å². The molecule has 0 aliphatic rings. The van der Waals surface area contributed by atoms with E-state index in [4.69, 9.17) is 34.8 Å². The Kier molecular flexibility index (Phi) is 4.74. The van der Waals surface area contributed by atoms with E-state index < -0.39 is 11.6 Å². The molecule has 0 saturated heterocycles. The van der Waals surface area contributed by atoms with Gasteiger partial charge < -0.3 is 5.32 Å². The van der Waals surface area contributed by atoms with Crippen LogP contribution >= 0.6 is 34.8 Å². The highest BCUT2D eigenvalue weighted by atomic mass is 35.5. The van der Waals surface area contributed by atoms with Crippen LogP contribution in [0.1, 0.15) is 18.5 Å². The smallest absolute Gasteiger partial charge is 0.150 e. The maximum absolute atomic E-state index is 13.7. The fourth-order valence-corrected chi connectivity index (χ4v) is 2.65. The molecular formula is C14H10Cl3F2N. The predicted molar refractivity (Wildman–Crippen MR) is 79.9 cm³/mol. The third-order valence-corrected chi connectivity index (χ3v) is 3.66. The van der Waals surface area contributed by atoms with E-state index in [-0.39, 0.29) is 16.8 Å². The summed E-state index contributed by atoms with van der Waals surface area (Å²) in [5, 5.41) is 3.82. The van der Waals surface area contributed by atoms with Crippen LogP contribution in [-0.2, 0) is 0 Å². The molecule has 0 heterocycles. The van der Waals surface area contributed by atoms with Gasteiger partial charge in [-0.3, -0.25) is 0 Å². The van der Waals surface area contributed by atoms with E-state index in [1.54, 1.807) is 25.1 Å². The van der Waals surface area contributed by atoms with Gasteiger partial charge in [0, 0.05) is 16.1 Å². The minimum Gasteiger partial charge on any atom is -0.375 e. The molecule has 1 nitrogen and oxygen atoms in total. The van der Waals surface area contributed by atoms with Gasteiger partial charge in [-0.2, -0.15) is 0 Å².